The zero-order valence-corrected chi connectivity index (χ0v) is 9.46. The first-order chi connectivity index (χ1) is 9.48. The minimum Gasteiger partial charge on any atom is -0.334 e. The van der Waals surface area contributed by atoms with Crippen LogP contribution in [0.1, 0.15) is 9.68 Å². The molecule has 0 saturated carbocycles. The van der Waals surface area contributed by atoms with E-state index in [1.807, 2.05) is 42.2 Å². The number of aryl methyl sites for hydroxylation is 1. The van der Waals surface area contributed by atoms with Crippen LogP contribution < -0.4 is 9.80 Å². The second-order valence-corrected chi connectivity index (χ2v) is 3.99. The van der Waals surface area contributed by atoms with E-state index < -0.39 is 6.98 Å². The summed E-state index contributed by atoms with van der Waals surface area (Å²) in [6.07, 6.45) is 1.60. The van der Waals surface area contributed by atoms with E-state index in [2.05, 4.69) is 4.98 Å². The fourth-order valence-corrected chi connectivity index (χ4v) is 2.02. The number of para-hydroxylation sites is 1. The summed E-state index contributed by atoms with van der Waals surface area (Å²) in [6, 6.07) is 11.5. The lowest BCUT2D eigenvalue weighted by Gasteiger charge is -2.20. The van der Waals surface area contributed by atoms with Crippen molar-refractivity contribution in [3.05, 3.63) is 54.8 Å². The Morgan fingerprint density at radius 2 is 1.94 bits per heavy atom. The molecule has 17 heavy (non-hydrogen) atoms. The van der Waals surface area contributed by atoms with Crippen LogP contribution in [0.5, 0.6) is 0 Å². The predicted octanol–water partition coefficient (Wildman–Crippen LogP) is 3.10. The molecule has 0 atom stereocenters. The van der Waals surface area contributed by atoms with Crippen molar-refractivity contribution in [3.63, 3.8) is 0 Å². The van der Waals surface area contributed by atoms with Crippen molar-refractivity contribution < 1.29 is 4.11 Å². The molecule has 2 heterocycles. The SMILES string of the molecule is [2H]C([2H])([2H])N1[CH]N(c2ccccc2C)c2cccnc21. The highest BCUT2D eigenvalue weighted by atomic mass is 15.4. The third-order valence-electron chi connectivity index (χ3n) is 2.86. The van der Waals surface area contributed by atoms with Crippen LogP contribution in [0.25, 0.3) is 0 Å². The van der Waals surface area contributed by atoms with E-state index in [4.69, 9.17) is 4.11 Å². The summed E-state index contributed by atoms with van der Waals surface area (Å²) in [5, 5.41) is 0. The molecule has 0 aliphatic carbocycles. The van der Waals surface area contributed by atoms with Crippen molar-refractivity contribution >= 4 is 17.2 Å². The molecule has 1 aromatic heterocycles. The van der Waals surface area contributed by atoms with Gasteiger partial charge in [0.05, 0.1) is 5.69 Å². The molecule has 1 aliphatic heterocycles. The van der Waals surface area contributed by atoms with Crippen LogP contribution in [-0.2, 0) is 0 Å². The second kappa shape index (κ2) is 3.77. The first-order valence-electron chi connectivity index (χ1n) is 6.93. The Morgan fingerprint density at radius 3 is 2.76 bits per heavy atom. The van der Waals surface area contributed by atoms with Gasteiger partial charge in [-0.1, -0.05) is 18.2 Å². The van der Waals surface area contributed by atoms with Crippen LogP contribution in [0.2, 0.25) is 0 Å². The molecule has 1 aliphatic rings. The summed E-state index contributed by atoms with van der Waals surface area (Å²) >= 11 is 0. The lowest BCUT2D eigenvalue weighted by molar-refractivity contribution is 1.05. The topological polar surface area (TPSA) is 19.4 Å². The van der Waals surface area contributed by atoms with E-state index in [0.717, 1.165) is 16.9 Å². The fraction of sp³-hybridized carbons (Fsp3) is 0.143. The Hall–Kier alpha value is -2.03. The summed E-state index contributed by atoms with van der Waals surface area (Å²) in [5.74, 6) is 0.454. The summed E-state index contributed by atoms with van der Waals surface area (Å²) < 4.78 is 22.9. The highest BCUT2D eigenvalue weighted by Crippen LogP contribution is 2.40. The zero-order chi connectivity index (χ0) is 14.3. The van der Waals surface area contributed by atoms with Crippen molar-refractivity contribution in [3.8, 4) is 0 Å². The highest BCUT2D eigenvalue weighted by molar-refractivity contribution is 5.82. The molecule has 3 heteroatoms. The number of hydrogen-bond donors (Lipinski definition) is 0. The van der Waals surface area contributed by atoms with Gasteiger partial charge >= 0.3 is 0 Å². The van der Waals surface area contributed by atoms with Crippen LogP contribution >= 0.6 is 0 Å². The Morgan fingerprint density at radius 1 is 1.12 bits per heavy atom. The lowest BCUT2D eigenvalue weighted by atomic mass is 10.2. The van der Waals surface area contributed by atoms with Gasteiger partial charge < -0.3 is 9.80 Å². The molecule has 3 nitrogen and oxygen atoms in total. The zero-order valence-electron chi connectivity index (χ0n) is 12.5. The van der Waals surface area contributed by atoms with Gasteiger partial charge in [-0.3, -0.25) is 0 Å². The van der Waals surface area contributed by atoms with Crippen molar-refractivity contribution in [2.24, 2.45) is 0 Å². The van der Waals surface area contributed by atoms with Crippen LogP contribution in [0.4, 0.5) is 17.2 Å². The van der Waals surface area contributed by atoms with E-state index in [-0.39, 0.29) is 0 Å². The molecular weight excluding hydrogens is 210 g/mol. The van der Waals surface area contributed by atoms with E-state index in [9.17, 15) is 0 Å². The quantitative estimate of drug-likeness (QED) is 0.746. The summed E-state index contributed by atoms with van der Waals surface area (Å²) in [6.45, 7) is 1.34. The van der Waals surface area contributed by atoms with Crippen LogP contribution in [0.3, 0.4) is 0 Å². The van der Waals surface area contributed by atoms with Crippen LogP contribution in [0, 0.1) is 13.6 Å². The average molecular weight is 227 g/mol. The monoisotopic (exact) mass is 227 g/mol. The largest absolute Gasteiger partial charge is 0.334 e. The number of anilines is 3. The maximum absolute atomic E-state index is 7.63. The molecule has 0 N–H and O–H groups in total. The molecule has 0 fully saturated rings. The highest BCUT2D eigenvalue weighted by Gasteiger charge is 2.26. The van der Waals surface area contributed by atoms with Crippen LogP contribution in [-0.4, -0.2) is 12.0 Å². The molecule has 1 radical (unpaired) electrons. The minimum atomic E-state index is -2.25. The van der Waals surface area contributed by atoms with E-state index in [1.165, 1.54) is 4.90 Å². The van der Waals surface area contributed by atoms with Gasteiger partial charge in [-0.25, -0.2) is 4.98 Å². The normalized spacial score (nSPS) is 17.4. The fourth-order valence-electron chi connectivity index (χ4n) is 2.02. The van der Waals surface area contributed by atoms with Gasteiger partial charge in [-0.15, -0.1) is 0 Å². The predicted molar refractivity (Wildman–Crippen MR) is 70.3 cm³/mol. The maximum Gasteiger partial charge on any atom is 0.154 e. The summed E-state index contributed by atoms with van der Waals surface area (Å²) in [4.78, 5) is 7.30. The van der Waals surface area contributed by atoms with Gasteiger partial charge in [0, 0.05) is 23.0 Å². The number of nitrogens with zero attached hydrogens (tertiary/aromatic N) is 3. The van der Waals surface area contributed by atoms with Gasteiger partial charge in [0.1, 0.15) is 6.67 Å². The van der Waals surface area contributed by atoms with Crippen molar-refractivity contribution in [2.45, 2.75) is 6.92 Å². The van der Waals surface area contributed by atoms with Gasteiger partial charge in [0.25, 0.3) is 0 Å². The first-order valence-corrected chi connectivity index (χ1v) is 5.43. The first kappa shape index (κ1) is 7.33. The summed E-state index contributed by atoms with van der Waals surface area (Å²) in [7, 11) is 0. The van der Waals surface area contributed by atoms with Gasteiger partial charge in [0.2, 0.25) is 0 Å². The Labute approximate surface area is 106 Å². The van der Waals surface area contributed by atoms with Gasteiger partial charge in [-0.05, 0) is 30.7 Å². The number of fused-ring (bicyclic) bond motifs is 1. The van der Waals surface area contributed by atoms with Crippen LogP contribution in [0.15, 0.2) is 42.6 Å². The minimum absolute atomic E-state index is 0.454. The maximum atomic E-state index is 7.63. The molecular formula is C14H14N3. The van der Waals surface area contributed by atoms with Crippen molar-refractivity contribution in [2.75, 3.05) is 16.8 Å². The molecule has 0 amide bonds. The standard InChI is InChI=1S/C14H14N3/c1-11-6-3-4-7-12(11)17-10-16(2)14-13(17)8-5-9-15-14/h3-10H,1-2H3/i2D3. The van der Waals surface area contributed by atoms with E-state index in [0.29, 0.717) is 5.82 Å². The number of benzene rings is 1. The van der Waals surface area contributed by atoms with E-state index >= 15 is 0 Å². The number of rotatable bonds is 1. The smallest absolute Gasteiger partial charge is 0.154 e. The Balaban J connectivity index is 2.10. The molecule has 3 rings (SSSR count). The van der Waals surface area contributed by atoms with Gasteiger partial charge in [0.15, 0.2) is 5.82 Å². The Bertz CT molecular complexity index is 640. The third kappa shape index (κ3) is 1.55. The Kier molecular flexibility index (Phi) is 1.62. The molecule has 0 saturated heterocycles. The molecule has 0 spiro atoms. The second-order valence-electron chi connectivity index (χ2n) is 3.99. The van der Waals surface area contributed by atoms with Crippen molar-refractivity contribution in [1.29, 1.82) is 0 Å². The van der Waals surface area contributed by atoms with E-state index in [1.54, 1.807) is 18.9 Å². The van der Waals surface area contributed by atoms with Crippen molar-refractivity contribution in [1.82, 2.24) is 4.98 Å². The molecule has 2 aromatic rings. The molecule has 85 valence electrons. The summed E-state index contributed by atoms with van der Waals surface area (Å²) in [5.41, 5.74) is 2.80. The molecule has 1 aromatic carbocycles. The number of aromatic nitrogens is 1. The molecule has 0 unspecified atom stereocenters. The lowest BCUT2D eigenvalue weighted by Crippen LogP contribution is -2.18. The molecule has 0 bridgehead atoms. The third-order valence-corrected chi connectivity index (χ3v) is 2.86. The average Bonchev–Trinajstić information content (AvgIpc) is 2.79. The number of hydrogen-bond acceptors (Lipinski definition) is 3. The number of pyridine rings is 1. The van der Waals surface area contributed by atoms with Gasteiger partial charge in [-0.2, -0.15) is 0 Å².